The number of rotatable bonds is 5. The van der Waals surface area contributed by atoms with E-state index in [1.165, 1.54) is 18.3 Å². The molecule has 0 spiro atoms. The van der Waals surface area contributed by atoms with Crippen molar-refractivity contribution in [3.63, 3.8) is 0 Å². The summed E-state index contributed by atoms with van der Waals surface area (Å²) < 4.78 is 29.1. The van der Waals surface area contributed by atoms with Crippen molar-refractivity contribution in [1.29, 1.82) is 0 Å². The molecule has 0 bridgehead atoms. The van der Waals surface area contributed by atoms with Gasteiger partial charge in [-0.05, 0) is 31.5 Å². The molecule has 136 valence electrons. The summed E-state index contributed by atoms with van der Waals surface area (Å²) in [4.78, 5) is 12.5. The normalized spacial score (nSPS) is 17.0. The lowest BCUT2D eigenvalue weighted by Crippen LogP contribution is -2.45. The zero-order valence-electron chi connectivity index (χ0n) is 13.3. The van der Waals surface area contributed by atoms with Crippen LogP contribution in [-0.2, 0) is 0 Å². The number of aromatic amines is 1. The van der Waals surface area contributed by atoms with Gasteiger partial charge in [0.1, 0.15) is 5.75 Å². The molecule has 1 atom stereocenters. The Labute approximate surface area is 149 Å². The maximum absolute atomic E-state index is 12.5. The smallest absolute Gasteiger partial charge is 0.387 e. The lowest BCUT2D eigenvalue weighted by Gasteiger charge is -2.23. The molecule has 1 aliphatic rings. The minimum absolute atomic E-state index is 0. The van der Waals surface area contributed by atoms with Crippen molar-refractivity contribution in [2.24, 2.45) is 0 Å². The Balaban J connectivity index is 0.00000225. The highest BCUT2D eigenvalue weighted by molar-refractivity contribution is 6.00. The maximum atomic E-state index is 12.5. The Hall–Kier alpha value is -2.19. The highest BCUT2D eigenvalue weighted by Crippen LogP contribution is 2.26. The fourth-order valence-electron chi connectivity index (χ4n) is 2.74. The zero-order chi connectivity index (χ0) is 16.9. The molecule has 3 rings (SSSR count). The molecule has 6 nitrogen and oxygen atoms in total. The third-order valence-corrected chi connectivity index (χ3v) is 3.86. The molecule has 2 aromatic rings. The molecule has 9 heteroatoms. The van der Waals surface area contributed by atoms with Crippen molar-refractivity contribution in [1.82, 2.24) is 20.8 Å². The maximum Gasteiger partial charge on any atom is 0.387 e. The van der Waals surface area contributed by atoms with E-state index in [4.69, 9.17) is 0 Å². The SMILES string of the molecule is Cl.O=C(NC1CCCNC1)c1cn[nH]c1-c1cccc(OC(F)F)c1. The Bertz CT molecular complexity index is 705. The van der Waals surface area contributed by atoms with E-state index >= 15 is 0 Å². The molecule has 0 aliphatic carbocycles. The minimum Gasteiger partial charge on any atom is -0.435 e. The molecule has 1 aromatic carbocycles. The van der Waals surface area contributed by atoms with Crippen molar-refractivity contribution in [2.45, 2.75) is 25.5 Å². The van der Waals surface area contributed by atoms with E-state index in [0.29, 0.717) is 16.8 Å². The van der Waals surface area contributed by atoms with Gasteiger partial charge in [-0.1, -0.05) is 12.1 Å². The van der Waals surface area contributed by atoms with Crippen molar-refractivity contribution in [2.75, 3.05) is 13.1 Å². The molecular weight excluding hydrogens is 354 g/mol. The van der Waals surface area contributed by atoms with Gasteiger partial charge < -0.3 is 15.4 Å². The highest BCUT2D eigenvalue weighted by Gasteiger charge is 2.20. The second-order valence-corrected chi connectivity index (χ2v) is 5.58. The van der Waals surface area contributed by atoms with Crippen LogP contribution in [0.5, 0.6) is 5.75 Å². The van der Waals surface area contributed by atoms with Crippen LogP contribution >= 0.6 is 12.4 Å². The van der Waals surface area contributed by atoms with Crippen molar-refractivity contribution in [3.05, 3.63) is 36.0 Å². The number of hydrogen-bond acceptors (Lipinski definition) is 4. The van der Waals surface area contributed by atoms with Crippen LogP contribution in [0.1, 0.15) is 23.2 Å². The average molecular weight is 373 g/mol. The molecule has 3 N–H and O–H groups in total. The van der Waals surface area contributed by atoms with Crippen molar-refractivity contribution in [3.8, 4) is 17.0 Å². The first-order valence-electron chi connectivity index (χ1n) is 7.73. The van der Waals surface area contributed by atoms with E-state index in [9.17, 15) is 13.6 Å². The first kappa shape index (κ1) is 19.1. The molecule has 1 fully saturated rings. The number of piperidine rings is 1. The van der Waals surface area contributed by atoms with Crippen molar-refractivity contribution >= 4 is 18.3 Å². The van der Waals surface area contributed by atoms with Gasteiger partial charge >= 0.3 is 6.61 Å². The number of aromatic nitrogens is 2. The van der Waals surface area contributed by atoms with E-state index in [-0.39, 0.29) is 30.1 Å². The number of nitrogens with one attached hydrogen (secondary N) is 3. The summed E-state index contributed by atoms with van der Waals surface area (Å²) in [6.07, 6.45) is 3.36. The van der Waals surface area contributed by atoms with Gasteiger partial charge in [0, 0.05) is 18.2 Å². The Morgan fingerprint density at radius 2 is 2.24 bits per heavy atom. The fourth-order valence-corrected chi connectivity index (χ4v) is 2.74. The van der Waals surface area contributed by atoms with Gasteiger partial charge in [0.2, 0.25) is 0 Å². The summed E-state index contributed by atoms with van der Waals surface area (Å²) in [6, 6.07) is 6.23. The topological polar surface area (TPSA) is 79.0 Å². The summed E-state index contributed by atoms with van der Waals surface area (Å²) in [5, 5.41) is 12.9. The Morgan fingerprint density at radius 1 is 1.40 bits per heavy atom. The molecule has 1 aromatic heterocycles. The van der Waals surface area contributed by atoms with Crippen LogP contribution in [0.15, 0.2) is 30.5 Å². The number of H-pyrrole nitrogens is 1. The first-order chi connectivity index (χ1) is 11.6. The van der Waals surface area contributed by atoms with Gasteiger partial charge in [0.15, 0.2) is 0 Å². The number of benzene rings is 1. The summed E-state index contributed by atoms with van der Waals surface area (Å²) in [5.41, 5.74) is 1.39. The summed E-state index contributed by atoms with van der Waals surface area (Å²) in [7, 11) is 0. The molecule has 25 heavy (non-hydrogen) atoms. The van der Waals surface area contributed by atoms with Crippen molar-refractivity contribution < 1.29 is 18.3 Å². The van der Waals surface area contributed by atoms with Crippen LogP contribution < -0.4 is 15.4 Å². The number of carbonyl (C=O) groups is 1. The van der Waals surface area contributed by atoms with E-state index in [2.05, 4.69) is 25.6 Å². The number of alkyl halides is 2. The van der Waals surface area contributed by atoms with Crippen LogP contribution in [0.4, 0.5) is 8.78 Å². The number of carbonyl (C=O) groups excluding carboxylic acids is 1. The van der Waals surface area contributed by atoms with Gasteiger partial charge in [-0.25, -0.2) is 0 Å². The van der Waals surface area contributed by atoms with E-state index in [1.54, 1.807) is 12.1 Å². The minimum atomic E-state index is -2.90. The largest absolute Gasteiger partial charge is 0.435 e. The van der Waals surface area contributed by atoms with Gasteiger partial charge in [-0.2, -0.15) is 13.9 Å². The molecule has 1 amide bonds. The van der Waals surface area contributed by atoms with Crippen LogP contribution in [-0.4, -0.2) is 41.8 Å². The van der Waals surface area contributed by atoms with Crippen LogP contribution in [0.2, 0.25) is 0 Å². The average Bonchev–Trinajstić information content (AvgIpc) is 3.05. The molecule has 1 aliphatic heterocycles. The van der Waals surface area contributed by atoms with Gasteiger partial charge in [-0.3, -0.25) is 9.89 Å². The molecule has 1 unspecified atom stereocenters. The third-order valence-electron chi connectivity index (χ3n) is 3.86. The zero-order valence-corrected chi connectivity index (χ0v) is 14.1. The second kappa shape index (κ2) is 8.77. The van der Waals surface area contributed by atoms with Crippen LogP contribution in [0, 0.1) is 0 Å². The predicted octanol–water partition coefficient (Wildman–Crippen LogP) is 2.58. The monoisotopic (exact) mass is 372 g/mol. The predicted molar refractivity (Wildman–Crippen MR) is 91.3 cm³/mol. The standard InChI is InChI=1S/C16H18F2N4O2.ClH/c17-16(18)24-12-5-1-3-10(7-12)14-13(9-20-22-14)15(23)21-11-4-2-6-19-8-11;/h1,3,5,7,9,11,16,19H,2,4,6,8H2,(H,20,22)(H,21,23);1H. The first-order valence-corrected chi connectivity index (χ1v) is 7.73. The fraction of sp³-hybridized carbons (Fsp3) is 0.375. The molecule has 0 radical (unpaired) electrons. The lowest BCUT2D eigenvalue weighted by atomic mass is 10.1. The summed E-state index contributed by atoms with van der Waals surface area (Å²) in [6.45, 7) is -1.21. The Morgan fingerprint density at radius 3 is 2.96 bits per heavy atom. The summed E-state index contributed by atoms with van der Waals surface area (Å²) >= 11 is 0. The molecule has 1 saturated heterocycles. The Kier molecular flexibility index (Phi) is 6.72. The van der Waals surface area contributed by atoms with E-state index in [1.807, 2.05) is 0 Å². The molecular formula is C16H19ClF2N4O2. The molecule has 0 saturated carbocycles. The number of halogens is 3. The number of hydrogen-bond donors (Lipinski definition) is 3. The molecule has 2 heterocycles. The van der Waals surface area contributed by atoms with Crippen LogP contribution in [0.25, 0.3) is 11.3 Å². The van der Waals surface area contributed by atoms with Gasteiger partial charge in [-0.15, -0.1) is 12.4 Å². The summed E-state index contributed by atoms with van der Waals surface area (Å²) in [5.74, 6) is -0.215. The highest BCUT2D eigenvalue weighted by atomic mass is 35.5. The number of ether oxygens (including phenoxy) is 1. The van der Waals surface area contributed by atoms with E-state index in [0.717, 1.165) is 25.9 Å². The van der Waals surface area contributed by atoms with E-state index < -0.39 is 6.61 Å². The van der Waals surface area contributed by atoms with Gasteiger partial charge in [0.05, 0.1) is 17.5 Å². The third kappa shape index (κ3) is 4.90. The van der Waals surface area contributed by atoms with Gasteiger partial charge in [0.25, 0.3) is 5.91 Å². The number of amides is 1. The quantitative estimate of drug-likeness (QED) is 0.753. The second-order valence-electron chi connectivity index (χ2n) is 5.58. The van der Waals surface area contributed by atoms with Crippen LogP contribution in [0.3, 0.4) is 0 Å². The lowest BCUT2D eigenvalue weighted by molar-refractivity contribution is -0.0498. The number of nitrogens with zero attached hydrogens (tertiary/aromatic N) is 1.